The predicted molar refractivity (Wildman–Crippen MR) is 79.9 cm³/mol. The molecule has 0 aromatic carbocycles. The molecule has 1 N–H and O–H groups in total. The maximum atomic E-state index is 5.58. The first-order valence-electron chi connectivity index (χ1n) is 6.01. The third kappa shape index (κ3) is 4.17. The van der Waals surface area contributed by atoms with E-state index in [0.29, 0.717) is 0 Å². The largest absolute Gasteiger partial charge is 0.508 e. The van der Waals surface area contributed by atoms with E-state index in [1.54, 1.807) is 42.7 Å². The normalized spacial score (nSPS) is 13.4. The van der Waals surface area contributed by atoms with Crippen LogP contribution in [0.2, 0.25) is 5.16 Å². The molecule has 0 unspecified atom stereocenters. The Morgan fingerprint density at radius 3 is 1.32 bits per heavy atom. The number of hydrogen-bond acceptors (Lipinski definition) is 7. The van der Waals surface area contributed by atoms with Crippen LogP contribution in [0.1, 0.15) is 6.42 Å². The van der Waals surface area contributed by atoms with E-state index < -0.39 is 17.6 Å². The molecule has 19 heavy (non-hydrogen) atoms. The van der Waals surface area contributed by atoms with Crippen LogP contribution in [0.15, 0.2) is 0 Å². The van der Waals surface area contributed by atoms with Gasteiger partial charge in [0.2, 0.25) is 0 Å². The summed E-state index contributed by atoms with van der Waals surface area (Å²) in [5.41, 5.74) is 0. The van der Waals surface area contributed by atoms with Crippen LogP contribution in [0.25, 0.3) is 0 Å². The monoisotopic (exact) mass is 329 g/mol. The topological polar surface area (TPSA) is 67.4 Å². The molecule has 0 saturated heterocycles. The van der Waals surface area contributed by atoms with Gasteiger partial charge in [-0.15, -0.1) is 0 Å². The second kappa shape index (κ2) is 9.33. The fourth-order valence-electron chi connectivity index (χ4n) is 2.21. The maximum Gasteiger partial charge on any atom is 0.508 e. The molecule has 0 spiro atoms. The molecule has 0 saturated carbocycles. The van der Waals surface area contributed by atoms with Gasteiger partial charge in [-0.3, -0.25) is 0 Å². The van der Waals surface area contributed by atoms with Crippen LogP contribution < -0.4 is 4.98 Å². The van der Waals surface area contributed by atoms with Crippen LogP contribution in [0.3, 0.4) is 0 Å². The highest BCUT2D eigenvalue weighted by molar-refractivity contribution is 6.82. The lowest BCUT2D eigenvalue weighted by atomic mass is 10.5. The van der Waals surface area contributed by atoms with Crippen molar-refractivity contribution in [1.29, 1.82) is 0 Å². The van der Waals surface area contributed by atoms with Crippen molar-refractivity contribution >= 4 is 28.0 Å². The highest BCUT2D eigenvalue weighted by Gasteiger charge is 2.63. The van der Waals surface area contributed by atoms with Crippen LogP contribution in [0.4, 0.5) is 0 Å². The van der Waals surface area contributed by atoms with Gasteiger partial charge in [-0.2, -0.15) is 0 Å². The lowest BCUT2D eigenvalue weighted by Crippen LogP contribution is -2.62. The molecule has 0 radical (unpaired) electrons. The predicted octanol–water partition coefficient (Wildman–Crippen LogP) is -1.09. The third-order valence-electron chi connectivity index (χ3n) is 3.24. The fraction of sp³-hybridized carbons (Fsp3) is 1.00. The summed E-state index contributed by atoms with van der Waals surface area (Å²) in [6, 6.07) is 0. The minimum absolute atomic E-state index is 0.179. The van der Waals surface area contributed by atoms with Crippen LogP contribution in [-0.2, 0) is 26.6 Å². The Balaban J connectivity index is 5.49. The van der Waals surface area contributed by atoms with E-state index in [1.165, 1.54) is 0 Å². The van der Waals surface area contributed by atoms with Gasteiger partial charge in [0.1, 0.15) is 5.16 Å². The first-order chi connectivity index (χ1) is 9.06. The van der Waals surface area contributed by atoms with Crippen molar-refractivity contribution in [3.63, 3.8) is 0 Å². The van der Waals surface area contributed by atoms with Gasteiger partial charge < -0.3 is 31.5 Å². The van der Waals surface area contributed by atoms with E-state index in [4.69, 9.17) is 26.6 Å². The molecule has 0 aromatic rings. The number of rotatable bonds is 11. The van der Waals surface area contributed by atoms with Gasteiger partial charge in [0.25, 0.3) is 0 Å². The van der Waals surface area contributed by atoms with Gasteiger partial charge >= 0.3 is 17.6 Å². The minimum Gasteiger partial charge on any atom is -0.377 e. The molecule has 0 aliphatic heterocycles. The van der Waals surface area contributed by atoms with Gasteiger partial charge in [0, 0.05) is 42.7 Å². The molecule has 0 aromatic heterocycles. The van der Waals surface area contributed by atoms with Crippen molar-refractivity contribution in [3.8, 4) is 0 Å². The van der Waals surface area contributed by atoms with Crippen molar-refractivity contribution in [2.24, 2.45) is 0 Å². The molecular weight excluding hydrogens is 302 g/mol. The van der Waals surface area contributed by atoms with Crippen molar-refractivity contribution in [2.75, 3.05) is 49.2 Å². The Morgan fingerprint density at radius 1 is 0.789 bits per heavy atom. The van der Waals surface area contributed by atoms with E-state index in [-0.39, 0.29) is 5.16 Å². The SMILES string of the molecule is CO[Si](OC)(OC)C(CCN[SiH3])[Si](OC)(OC)OC. The molecule has 0 aliphatic carbocycles. The van der Waals surface area contributed by atoms with E-state index in [0.717, 1.165) is 23.4 Å². The van der Waals surface area contributed by atoms with Crippen LogP contribution in [0.5, 0.6) is 0 Å². The Hall–Kier alpha value is 0.371. The van der Waals surface area contributed by atoms with Gasteiger partial charge in [-0.25, -0.2) is 0 Å². The van der Waals surface area contributed by atoms with Crippen LogP contribution in [-0.4, -0.2) is 77.2 Å². The number of hydrogen-bond donors (Lipinski definition) is 1. The zero-order chi connectivity index (χ0) is 14.9. The first kappa shape index (κ1) is 19.4. The van der Waals surface area contributed by atoms with Crippen molar-refractivity contribution in [2.45, 2.75) is 11.6 Å². The van der Waals surface area contributed by atoms with E-state index >= 15 is 0 Å². The van der Waals surface area contributed by atoms with Crippen molar-refractivity contribution < 1.29 is 26.6 Å². The zero-order valence-electron chi connectivity index (χ0n) is 12.9. The molecule has 116 valence electrons. The quantitative estimate of drug-likeness (QED) is 0.483. The van der Waals surface area contributed by atoms with Gasteiger partial charge in [0.15, 0.2) is 0 Å². The minimum atomic E-state index is -2.92. The maximum absolute atomic E-state index is 5.58. The zero-order valence-corrected chi connectivity index (χ0v) is 16.9. The molecule has 0 fully saturated rings. The Bertz CT molecular complexity index is 203. The summed E-state index contributed by atoms with van der Waals surface area (Å²) in [5, 5.41) is -0.179. The smallest absolute Gasteiger partial charge is 0.377 e. The van der Waals surface area contributed by atoms with E-state index in [1.807, 2.05) is 0 Å². The van der Waals surface area contributed by atoms with E-state index in [9.17, 15) is 0 Å². The van der Waals surface area contributed by atoms with E-state index in [2.05, 4.69) is 4.98 Å². The third-order valence-corrected chi connectivity index (χ3v) is 11.6. The second-order valence-electron chi connectivity index (χ2n) is 3.88. The molecule has 0 heterocycles. The highest BCUT2D eigenvalue weighted by Crippen LogP contribution is 2.37. The van der Waals surface area contributed by atoms with Crippen molar-refractivity contribution in [3.05, 3.63) is 0 Å². The molecule has 10 heteroatoms. The second-order valence-corrected chi connectivity index (χ2v) is 11.4. The summed E-state index contributed by atoms with van der Waals surface area (Å²) in [6.07, 6.45) is 0.743. The molecule has 0 bridgehead atoms. The standard InChI is InChI=1S/C9H27NO6Si3/c1-11-18(12-2,13-3)9(7-8-10-17)19(14-4,15-5)16-6/h9-10H,7-8H2,1-6,17H3. The summed E-state index contributed by atoms with van der Waals surface area (Å²) in [5.74, 6) is 0. The fourth-order valence-corrected chi connectivity index (χ4v) is 10.1. The number of nitrogens with one attached hydrogen (secondary N) is 1. The summed E-state index contributed by atoms with van der Waals surface area (Å²) in [6.45, 7) is 0.812. The summed E-state index contributed by atoms with van der Waals surface area (Å²) >= 11 is 0. The highest BCUT2D eigenvalue weighted by atomic mass is 28.5. The average molecular weight is 330 g/mol. The summed E-state index contributed by atoms with van der Waals surface area (Å²) in [7, 11) is 4.58. The molecule has 0 aliphatic rings. The summed E-state index contributed by atoms with van der Waals surface area (Å²) in [4.78, 5) is 3.24. The molecule has 7 nitrogen and oxygen atoms in total. The van der Waals surface area contributed by atoms with Crippen molar-refractivity contribution in [1.82, 2.24) is 4.98 Å². The lowest BCUT2D eigenvalue weighted by Gasteiger charge is -2.39. The Morgan fingerprint density at radius 2 is 1.11 bits per heavy atom. The van der Waals surface area contributed by atoms with Gasteiger partial charge in [-0.05, 0) is 13.0 Å². The summed E-state index contributed by atoms with van der Waals surface area (Å²) < 4.78 is 33.5. The molecule has 0 amide bonds. The Labute approximate surface area is 121 Å². The average Bonchev–Trinajstić information content (AvgIpc) is 2.48. The lowest BCUT2D eigenvalue weighted by molar-refractivity contribution is 0.0785. The molecular formula is C9H27NO6Si3. The molecule has 0 atom stereocenters. The Kier molecular flexibility index (Phi) is 9.52. The van der Waals surface area contributed by atoms with Gasteiger partial charge in [-0.1, -0.05) is 0 Å². The first-order valence-corrected chi connectivity index (χ1v) is 10.6. The molecule has 0 rings (SSSR count). The van der Waals surface area contributed by atoms with Crippen LogP contribution in [0, 0.1) is 0 Å². The van der Waals surface area contributed by atoms with Gasteiger partial charge in [0.05, 0.1) is 10.4 Å². The van der Waals surface area contributed by atoms with Crippen LogP contribution >= 0.6 is 0 Å².